The topological polar surface area (TPSA) is 96.7 Å². The Morgan fingerprint density at radius 2 is 1.81 bits per heavy atom. The summed E-state index contributed by atoms with van der Waals surface area (Å²) in [5, 5.41) is 8.16. The van der Waals surface area contributed by atoms with Gasteiger partial charge in [0.1, 0.15) is 11.8 Å². The Kier molecular flexibility index (Phi) is 6.44. The average molecular weight is 524 g/mol. The first-order valence-electron chi connectivity index (χ1n) is 11.7. The third-order valence-corrected chi connectivity index (χ3v) is 7.93. The number of anilines is 1. The van der Waals surface area contributed by atoms with Crippen LogP contribution in [0.15, 0.2) is 72.0 Å². The molecule has 2 aromatic carbocycles. The summed E-state index contributed by atoms with van der Waals surface area (Å²) in [5.41, 5.74) is 3.65. The largest absolute Gasteiger partial charge is 0.353 e. The molecule has 1 fully saturated rings. The monoisotopic (exact) mass is 523 g/mol. The minimum atomic E-state index is -3.25. The molecule has 0 bridgehead atoms. The molecule has 36 heavy (non-hydrogen) atoms. The van der Waals surface area contributed by atoms with Gasteiger partial charge in [-0.05, 0) is 47.9 Å². The fraction of sp³-hybridized carbons (Fsp3) is 0.269. The molecule has 5 rings (SSSR count). The van der Waals surface area contributed by atoms with Gasteiger partial charge in [0.25, 0.3) is 0 Å². The zero-order valence-electron chi connectivity index (χ0n) is 19.9. The molecule has 8 nitrogen and oxygen atoms in total. The standard InChI is InChI=1S/C26H26ClN5O3S/c1-3-23(18-4-8-21(27)9-5-18)30-26(33)20-13-31(14-20)25-24-12-19(15-32(24)29-16-28-25)17-6-10-22(11-7-17)36(2,34)35/h4-12,15-16,20,23H,3,13-14H2,1-2H3,(H,30,33)/t23-/m0/s1. The number of hydrogen-bond acceptors (Lipinski definition) is 6. The van der Waals surface area contributed by atoms with E-state index in [4.69, 9.17) is 11.6 Å². The molecule has 2 aromatic heterocycles. The molecule has 0 aliphatic carbocycles. The summed E-state index contributed by atoms with van der Waals surface area (Å²) in [6, 6.07) is 16.3. The average Bonchev–Trinajstić information content (AvgIpc) is 3.27. The van der Waals surface area contributed by atoms with Crippen molar-refractivity contribution in [2.45, 2.75) is 24.3 Å². The van der Waals surface area contributed by atoms with E-state index in [0.29, 0.717) is 18.1 Å². The van der Waals surface area contributed by atoms with Crippen LogP contribution in [-0.2, 0) is 14.6 Å². The molecule has 1 saturated heterocycles. The van der Waals surface area contributed by atoms with E-state index >= 15 is 0 Å². The van der Waals surface area contributed by atoms with Crippen molar-refractivity contribution in [1.29, 1.82) is 0 Å². The number of hydrogen-bond donors (Lipinski definition) is 1. The summed E-state index contributed by atoms with van der Waals surface area (Å²) in [4.78, 5) is 19.7. The number of rotatable bonds is 7. The first-order chi connectivity index (χ1) is 17.2. The second kappa shape index (κ2) is 9.55. The molecule has 0 unspecified atom stereocenters. The predicted octanol–water partition coefficient (Wildman–Crippen LogP) is 4.16. The van der Waals surface area contributed by atoms with Crippen molar-refractivity contribution in [2.75, 3.05) is 24.2 Å². The van der Waals surface area contributed by atoms with Crippen LogP contribution in [-0.4, -0.2) is 48.3 Å². The number of nitrogens with one attached hydrogen (secondary N) is 1. The van der Waals surface area contributed by atoms with Crippen molar-refractivity contribution >= 4 is 38.7 Å². The first kappa shape index (κ1) is 24.3. The summed E-state index contributed by atoms with van der Waals surface area (Å²) in [5.74, 6) is 0.664. The Bertz CT molecular complexity index is 1510. The van der Waals surface area contributed by atoms with Crippen molar-refractivity contribution in [3.05, 3.63) is 77.7 Å². The number of sulfone groups is 1. The second-order valence-corrected chi connectivity index (χ2v) is 11.5. The van der Waals surface area contributed by atoms with E-state index in [2.05, 4.69) is 20.3 Å². The van der Waals surface area contributed by atoms with Gasteiger partial charge in [0.15, 0.2) is 15.7 Å². The summed E-state index contributed by atoms with van der Waals surface area (Å²) >= 11 is 5.99. The van der Waals surface area contributed by atoms with Gasteiger partial charge in [-0.2, -0.15) is 5.10 Å². The number of carbonyl (C=O) groups excluding carboxylic acids is 1. The van der Waals surface area contributed by atoms with Crippen LogP contribution in [0, 0.1) is 5.92 Å². The van der Waals surface area contributed by atoms with Crippen LogP contribution < -0.4 is 10.2 Å². The fourth-order valence-corrected chi connectivity index (χ4v) is 5.19. The van der Waals surface area contributed by atoms with Gasteiger partial charge >= 0.3 is 0 Å². The number of nitrogens with zero attached hydrogens (tertiary/aromatic N) is 4. The van der Waals surface area contributed by atoms with Crippen molar-refractivity contribution in [3.63, 3.8) is 0 Å². The highest BCUT2D eigenvalue weighted by Gasteiger charge is 2.35. The van der Waals surface area contributed by atoms with E-state index in [9.17, 15) is 13.2 Å². The maximum absolute atomic E-state index is 12.9. The molecule has 1 N–H and O–H groups in total. The minimum Gasteiger partial charge on any atom is -0.353 e. The van der Waals surface area contributed by atoms with Crippen LogP contribution in [0.3, 0.4) is 0 Å². The number of benzene rings is 2. The lowest BCUT2D eigenvalue weighted by atomic mass is 9.97. The first-order valence-corrected chi connectivity index (χ1v) is 13.9. The molecular formula is C26H26ClN5O3S. The lowest BCUT2D eigenvalue weighted by molar-refractivity contribution is -0.126. The molecule has 186 valence electrons. The number of carbonyl (C=O) groups is 1. The number of halogens is 1. The van der Waals surface area contributed by atoms with Gasteiger partial charge in [-0.3, -0.25) is 4.79 Å². The molecule has 10 heteroatoms. The van der Waals surface area contributed by atoms with Gasteiger partial charge in [-0.15, -0.1) is 0 Å². The summed E-state index contributed by atoms with van der Waals surface area (Å²) < 4.78 is 25.3. The number of fused-ring (bicyclic) bond motifs is 1. The molecule has 0 saturated carbocycles. The molecule has 0 radical (unpaired) electrons. The Balaban J connectivity index is 1.29. The molecule has 1 atom stereocenters. The summed E-state index contributed by atoms with van der Waals surface area (Å²) in [6.45, 7) is 3.18. The number of amides is 1. The molecule has 4 aromatic rings. The van der Waals surface area contributed by atoms with Crippen molar-refractivity contribution in [3.8, 4) is 11.1 Å². The minimum absolute atomic E-state index is 0.0279. The zero-order valence-corrected chi connectivity index (χ0v) is 21.5. The van der Waals surface area contributed by atoms with Crippen LogP contribution >= 0.6 is 11.6 Å². The van der Waals surface area contributed by atoms with Gasteiger partial charge in [0, 0.05) is 36.1 Å². The Morgan fingerprint density at radius 3 is 2.44 bits per heavy atom. The van der Waals surface area contributed by atoms with E-state index in [-0.39, 0.29) is 22.8 Å². The summed E-state index contributed by atoms with van der Waals surface area (Å²) in [7, 11) is -3.25. The molecule has 1 aliphatic heterocycles. The van der Waals surface area contributed by atoms with Crippen LogP contribution in [0.4, 0.5) is 5.82 Å². The van der Waals surface area contributed by atoms with Crippen molar-refractivity contribution in [2.24, 2.45) is 5.92 Å². The van der Waals surface area contributed by atoms with Crippen LogP contribution in [0.5, 0.6) is 0 Å². The Hall–Kier alpha value is -3.43. The maximum atomic E-state index is 12.9. The molecule has 1 amide bonds. The van der Waals surface area contributed by atoms with Crippen molar-refractivity contribution < 1.29 is 13.2 Å². The van der Waals surface area contributed by atoms with Gasteiger partial charge in [-0.25, -0.2) is 17.9 Å². The third-order valence-electron chi connectivity index (χ3n) is 6.55. The normalized spacial score (nSPS) is 15.0. The molecule has 3 heterocycles. The van der Waals surface area contributed by atoms with Gasteiger partial charge in [0.2, 0.25) is 5.91 Å². The van der Waals surface area contributed by atoms with Gasteiger partial charge in [0.05, 0.1) is 16.9 Å². The van der Waals surface area contributed by atoms with E-state index in [1.807, 2.05) is 43.5 Å². The van der Waals surface area contributed by atoms with Crippen molar-refractivity contribution in [1.82, 2.24) is 19.9 Å². The molecular weight excluding hydrogens is 498 g/mol. The van der Waals surface area contributed by atoms with Gasteiger partial charge < -0.3 is 10.2 Å². The highest BCUT2D eigenvalue weighted by atomic mass is 35.5. The third kappa shape index (κ3) is 4.81. The zero-order chi connectivity index (χ0) is 25.4. The lowest BCUT2D eigenvalue weighted by Crippen LogP contribution is -2.54. The fourth-order valence-electron chi connectivity index (χ4n) is 4.44. The highest BCUT2D eigenvalue weighted by Crippen LogP contribution is 2.31. The van der Waals surface area contributed by atoms with E-state index in [1.54, 1.807) is 28.8 Å². The predicted molar refractivity (Wildman–Crippen MR) is 140 cm³/mol. The quantitative estimate of drug-likeness (QED) is 0.391. The smallest absolute Gasteiger partial charge is 0.227 e. The number of aromatic nitrogens is 3. The van der Waals surface area contributed by atoms with Gasteiger partial charge in [-0.1, -0.05) is 42.8 Å². The molecule has 1 aliphatic rings. The van der Waals surface area contributed by atoms with E-state index in [0.717, 1.165) is 34.4 Å². The van der Waals surface area contributed by atoms with Crippen LogP contribution in [0.2, 0.25) is 5.02 Å². The van der Waals surface area contributed by atoms with E-state index in [1.165, 1.54) is 12.6 Å². The Morgan fingerprint density at radius 1 is 1.11 bits per heavy atom. The van der Waals surface area contributed by atoms with Crippen LogP contribution in [0.25, 0.3) is 16.6 Å². The Labute approximate surface area is 214 Å². The lowest BCUT2D eigenvalue weighted by Gasteiger charge is -2.39. The second-order valence-electron chi connectivity index (χ2n) is 9.06. The molecule has 0 spiro atoms. The van der Waals surface area contributed by atoms with Crippen LogP contribution in [0.1, 0.15) is 24.9 Å². The SMILES string of the molecule is CC[C@H](NC(=O)C1CN(c2ncnn3cc(-c4ccc(S(C)(=O)=O)cc4)cc23)C1)c1ccc(Cl)cc1. The highest BCUT2D eigenvalue weighted by molar-refractivity contribution is 7.90. The summed E-state index contributed by atoms with van der Waals surface area (Å²) in [6.07, 6.45) is 5.36. The maximum Gasteiger partial charge on any atom is 0.227 e. The van der Waals surface area contributed by atoms with E-state index < -0.39 is 9.84 Å².